The van der Waals surface area contributed by atoms with Crippen molar-refractivity contribution >= 4 is 17.7 Å². The molecule has 3 aliphatic rings. The quantitative estimate of drug-likeness (QED) is 0.404. The molecule has 30 heavy (non-hydrogen) atoms. The molecule has 0 aromatic carbocycles. The Hall–Kier alpha value is -1.20. The smallest absolute Gasteiger partial charge is 0.222 e. The third kappa shape index (κ3) is 6.91. The van der Waals surface area contributed by atoms with Crippen LogP contribution in [-0.2, 0) is 9.53 Å². The zero-order valence-corrected chi connectivity index (χ0v) is 20.0. The SMILES string of the molecule is CC(C)N(CCCCN1CCCCCC1=O)C(C)CC1=CSC(C2=CC=CCC2)O1. The lowest BCUT2D eigenvalue weighted by molar-refractivity contribution is -0.130. The first-order valence-corrected chi connectivity index (χ1v) is 12.9. The number of rotatable bonds is 10. The van der Waals surface area contributed by atoms with E-state index in [9.17, 15) is 4.79 Å². The lowest BCUT2D eigenvalue weighted by Crippen LogP contribution is -2.40. The molecule has 2 unspecified atom stereocenters. The minimum atomic E-state index is 0.177. The minimum absolute atomic E-state index is 0.177. The van der Waals surface area contributed by atoms with Gasteiger partial charge in [-0.3, -0.25) is 9.69 Å². The van der Waals surface area contributed by atoms with Crippen molar-refractivity contribution in [3.05, 3.63) is 35.0 Å². The predicted octanol–water partition coefficient (Wildman–Crippen LogP) is 5.87. The van der Waals surface area contributed by atoms with Crippen LogP contribution in [0, 0.1) is 0 Å². The van der Waals surface area contributed by atoms with Gasteiger partial charge in [0.15, 0.2) is 5.44 Å². The summed E-state index contributed by atoms with van der Waals surface area (Å²) in [5.74, 6) is 1.50. The summed E-state index contributed by atoms with van der Waals surface area (Å²) in [5.41, 5.74) is 1.58. The van der Waals surface area contributed by atoms with E-state index < -0.39 is 0 Å². The number of unbranched alkanes of at least 4 members (excludes halogenated alkanes) is 1. The van der Waals surface area contributed by atoms with Crippen LogP contribution in [0.2, 0.25) is 0 Å². The van der Waals surface area contributed by atoms with Gasteiger partial charge in [-0.2, -0.15) is 0 Å². The van der Waals surface area contributed by atoms with Gasteiger partial charge in [0.05, 0.1) is 0 Å². The Labute approximate surface area is 187 Å². The maximum Gasteiger partial charge on any atom is 0.222 e. The predicted molar refractivity (Wildman–Crippen MR) is 127 cm³/mol. The maximum absolute atomic E-state index is 12.2. The molecule has 0 radical (unpaired) electrons. The lowest BCUT2D eigenvalue weighted by atomic mass is 10.1. The summed E-state index contributed by atoms with van der Waals surface area (Å²) >= 11 is 1.82. The molecule has 1 fully saturated rings. The number of allylic oxidation sites excluding steroid dienone is 3. The van der Waals surface area contributed by atoms with Crippen molar-refractivity contribution in [2.45, 2.75) is 96.1 Å². The van der Waals surface area contributed by atoms with Crippen LogP contribution >= 0.6 is 11.8 Å². The third-order valence-electron chi connectivity index (χ3n) is 6.42. The molecule has 1 amide bonds. The van der Waals surface area contributed by atoms with E-state index in [1.807, 2.05) is 11.8 Å². The molecule has 168 valence electrons. The van der Waals surface area contributed by atoms with Crippen LogP contribution in [0.25, 0.3) is 0 Å². The highest BCUT2D eigenvalue weighted by Gasteiger charge is 2.26. The number of hydrogen-bond donors (Lipinski definition) is 0. The second-order valence-corrected chi connectivity index (χ2v) is 10.1. The molecular weight excluding hydrogens is 392 g/mol. The van der Waals surface area contributed by atoms with Gasteiger partial charge in [-0.05, 0) is 71.4 Å². The van der Waals surface area contributed by atoms with E-state index in [4.69, 9.17) is 4.74 Å². The molecule has 2 aliphatic heterocycles. The summed E-state index contributed by atoms with van der Waals surface area (Å²) in [7, 11) is 0. The Bertz CT molecular complexity index is 656. The van der Waals surface area contributed by atoms with Gasteiger partial charge in [-0.15, -0.1) is 0 Å². The van der Waals surface area contributed by atoms with Crippen molar-refractivity contribution < 1.29 is 9.53 Å². The molecule has 0 N–H and O–H groups in total. The molecule has 1 aliphatic carbocycles. The van der Waals surface area contributed by atoms with E-state index in [1.165, 1.54) is 18.4 Å². The summed E-state index contributed by atoms with van der Waals surface area (Å²) in [4.78, 5) is 16.9. The Balaban J connectivity index is 1.41. The Morgan fingerprint density at radius 3 is 2.83 bits per heavy atom. The minimum Gasteiger partial charge on any atom is -0.479 e. The molecule has 0 bridgehead atoms. The van der Waals surface area contributed by atoms with Gasteiger partial charge >= 0.3 is 0 Å². The molecule has 4 nitrogen and oxygen atoms in total. The molecule has 0 saturated carbocycles. The van der Waals surface area contributed by atoms with E-state index in [0.29, 0.717) is 18.0 Å². The topological polar surface area (TPSA) is 32.8 Å². The third-order valence-corrected chi connectivity index (χ3v) is 7.47. The fourth-order valence-electron chi connectivity index (χ4n) is 4.68. The molecule has 1 saturated heterocycles. The molecule has 5 heteroatoms. The first-order valence-electron chi connectivity index (χ1n) is 11.9. The summed E-state index contributed by atoms with van der Waals surface area (Å²) in [6.45, 7) is 9.86. The van der Waals surface area contributed by atoms with E-state index in [0.717, 1.165) is 70.3 Å². The van der Waals surface area contributed by atoms with Crippen LogP contribution in [0.15, 0.2) is 35.0 Å². The number of likely N-dealkylation sites (tertiary alicyclic amines) is 1. The van der Waals surface area contributed by atoms with Crippen LogP contribution in [0.5, 0.6) is 0 Å². The van der Waals surface area contributed by atoms with E-state index in [2.05, 4.69) is 54.2 Å². The normalized spacial score (nSPS) is 23.4. The van der Waals surface area contributed by atoms with Crippen LogP contribution < -0.4 is 0 Å². The van der Waals surface area contributed by atoms with E-state index in [1.54, 1.807) is 0 Å². The summed E-state index contributed by atoms with van der Waals surface area (Å²) < 4.78 is 6.28. The van der Waals surface area contributed by atoms with Gasteiger partial charge in [0, 0.05) is 43.4 Å². The Morgan fingerprint density at radius 1 is 1.20 bits per heavy atom. The Morgan fingerprint density at radius 2 is 2.07 bits per heavy atom. The number of nitrogens with zero attached hydrogens (tertiary/aromatic N) is 2. The average Bonchev–Trinajstić information content (AvgIpc) is 3.10. The van der Waals surface area contributed by atoms with Crippen molar-refractivity contribution in [2.75, 3.05) is 19.6 Å². The number of hydrogen-bond acceptors (Lipinski definition) is 4. The number of carbonyl (C=O) groups excluding carboxylic acids is 1. The van der Waals surface area contributed by atoms with Gasteiger partial charge in [0.1, 0.15) is 5.76 Å². The van der Waals surface area contributed by atoms with Crippen LogP contribution in [0.1, 0.15) is 78.6 Å². The largest absolute Gasteiger partial charge is 0.479 e. The van der Waals surface area contributed by atoms with Gasteiger partial charge in [0.2, 0.25) is 5.91 Å². The average molecular weight is 433 g/mol. The molecule has 2 atom stereocenters. The van der Waals surface area contributed by atoms with Crippen LogP contribution in [0.4, 0.5) is 0 Å². The molecule has 3 rings (SSSR count). The highest BCUT2D eigenvalue weighted by molar-refractivity contribution is 8.03. The summed E-state index contributed by atoms with van der Waals surface area (Å²) in [6, 6.07) is 0.965. The second kappa shape index (κ2) is 12.0. The van der Waals surface area contributed by atoms with Crippen molar-refractivity contribution in [1.29, 1.82) is 0 Å². The zero-order valence-electron chi connectivity index (χ0n) is 19.1. The molecule has 0 aromatic rings. The first kappa shape index (κ1) is 23.5. The van der Waals surface area contributed by atoms with Gasteiger partial charge in [0.25, 0.3) is 0 Å². The van der Waals surface area contributed by atoms with Gasteiger partial charge < -0.3 is 9.64 Å². The van der Waals surface area contributed by atoms with Crippen LogP contribution in [0.3, 0.4) is 0 Å². The van der Waals surface area contributed by atoms with Crippen molar-refractivity contribution in [1.82, 2.24) is 9.80 Å². The summed E-state index contributed by atoms with van der Waals surface area (Å²) in [6.07, 6.45) is 16.2. The van der Waals surface area contributed by atoms with Crippen LogP contribution in [-0.4, -0.2) is 52.9 Å². The van der Waals surface area contributed by atoms with E-state index >= 15 is 0 Å². The zero-order chi connectivity index (χ0) is 21.3. The fraction of sp³-hybridized carbons (Fsp3) is 0.720. The monoisotopic (exact) mass is 432 g/mol. The summed E-state index contributed by atoms with van der Waals surface area (Å²) in [5, 5.41) is 2.23. The lowest BCUT2D eigenvalue weighted by Gasteiger charge is -2.33. The van der Waals surface area contributed by atoms with Gasteiger partial charge in [-0.1, -0.05) is 36.4 Å². The number of carbonyl (C=O) groups is 1. The molecule has 0 spiro atoms. The maximum atomic E-state index is 12.2. The first-order chi connectivity index (χ1) is 14.5. The van der Waals surface area contributed by atoms with E-state index in [-0.39, 0.29) is 5.44 Å². The molecule has 2 heterocycles. The highest BCUT2D eigenvalue weighted by Crippen LogP contribution is 2.37. The van der Waals surface area contributed by atoms with Crippen molar-refractivity contribution in [2.24, 2.45) is 0 Å². The molecule has 0 aromatic heterocycles. The highest BCUT2D eigenvalue weighted by atomic mass is 32.2. The van der Waals surface area contributed by atoms with Crippen molar-refractivity contribution in [3.8, 4) is 0 Å². The van der Waals surface area contributed by atoms with Gasteiger partial charge in [-0.25, -0.2) is 0 Å². The van der Waals surface area contributed by atoms with Crippen molar-refractivity contribution in [3.63, 3.8) is 0 Å². The number of ether oxygens (including phenoxy) is 1. The Kier molecular flexibility index (Phi) is 9.38. The standard InChI is InChI=1S/C25H40N2O2S/c1-20(2)27(17-11-10-16-26-15-9-5-8-14-24(26)28)21(3)18-23-19-30-25(29-23)22-12-6-4-7-13-22/h4,6,12,19-21,25H,5,7-11,13-18H2,1-3H3. The number of thioether (sulfide) groups is 1. The number of amides is 1. The fourth-order valence-corrected chi connectivity index (χ4v) is 5.65. The molecular formula is C25H40N2O2S. The second-order valence-electron chi connectivity index (χ2n) is 9.16.